The third-order valence-corrected chi connectivity index (χ3v) is 6.40. The van der Waals surface area contributed by atoms with Gasteiger partial charge in [-0.3, -0.25) is 0 Å². The molecule has 142 valence electrons. The van der Waals surface area contributed by atoms with Crippen molar-refractivity contribution >= 4 is 16.3 Å². The lowest BCUT2D eigenvalue weighted by Gasteiger charge is -2.54. The van der Waals surface area contributed by atoms with Crippen LogP contribution in [0.5, 0.6) is 0 Å². The van der Waals surface area contributed by atoms with Crippen LogP contribution in [0.1, 0.15) is 50.6 Å². The average Bonchev–Trinajstić information content (AvgIpc) is 2.38. The smallest absolute Gasteiger partial charge is 0.315 e. The van der Waals surface area contributed by atoms with Crippen LogP contribution in [0.25, 0.3) is 0 Å². The number of nitrogens with one attached hydrogen (secondary N) is 2. The molecule has 1 atom stereocenters. The van der Waals surface area contributed by atoms with Crippen LogP contribution in [-0.2, 0) is 0 Å². The minimum absolute atomic E-state index is 0.0232. The largest absolute Gasteiger partial charge is 0.335 e. The molecule has 2 fully saturated rings. The Balaban J connectivity index is 1.60. The van der Waals surface area contributed by atoms with Gasteiger partial charge in [-0.25, -0.2) is 4.79 Å². The molecule has 1 unspecified atom stereocenters. The lowest BCUT2D eigenvalue weighted by Crippen LogP contribution is -2.55. The average molecular weight is 384 g/mol. The minimum Gasteiger partial charge on any atom is -0.335 e. The molecule has 0 aromatic heterocycles. The van der Waals surface area contributed by atoms with Gasteiger partial charge in [0.2, 0.25) is 0 Å². The van der Waals surface area contributed by atoms with Crippen molar-refractivity contribution < 1.29 is 24.2 Å². The molecule has 0 aliphatic heterocycles. The number of urea groups is 1. The first-order valence-corrected chi connectivity index (χ1v) is 10.1. The first kappa shape index (κ1) is 18.3. The van der Waals surface area contributed by atoms with Crippen LogP contribution in [0.2, 0.25) is 0 Å². The van der Waals surface area contributed by atoms with Crippen molar-refractivity contribution in [3.63, 3.8) is 0 Å². The van der Waals surface area contributed by atoms with Gasteiger partial charge in [0.25, 0.3) is 0 Å². The van der Waals surface area contributed by atoms with E-state index < -0.39 is 27.2 Å². The summed E-state index contributed by atoms with van der Waals surface area (Å²) in [4.78, 5) is 10.0. The highest BCUT2D eigenvalue weighted by atomic mass is 32.5. The van der Waals surface area contributed by atoms with E-state index in [0.717, 1.165) is 18.9 Å². The summed E-state index contributed by atoms with van der Waals surface area (Å²) in [7, 11) is -9.73. The summed E-state index contributed by atoms with van der Waals surface area (Å²) < 4.78 is 64.5. The molecule has 9 heteroatoms. The van der Waals surface area contributed by atoms with Crippen LogP contribution in [0.3, 0.4) is 0 Å². The van der Waals surface area contributed by atoms with E-state index in [0.29, 0.717) is 17.5 Å². The molecule has 1 aromatic rings. The highest BCUT2D eigenvalue weighted by molar-refractivity contribution is 8.45. The number of halogens is 5. The van der Waals surface area contributed by atoms with Gasteiger partial charge in [-0.05, 0) is 55.7 Å². The van der Waals surface area contributed by atoms with Crippen molar-refractivity contribution in [3.05, 3.63) is 29.8 Å². The zero-order chi connectivity index (χ0) is 18.6. The third kappa shape index (κ3) is 4.02. The van der Waals surface area contributed by atoms with Crippen molar-refractivity contribution in [2.75, 3.05) is 0 Å². The predicted octanol–water partition coefficient (Wildman–Crippen LogP) is 6.04. The van der Waals surface area contributed by atoms with Gasteiger partial charge in [-0.15, -0.1) is 0 Å². The number of hydrogen-bond donors (Lipinski definition) is 2. The summed E-state index contributed by atoms with van der Waals surface area (Å²) in [6.07, 6.45) is 5.44. The zero-order valence-electron chi connectivity index (χ0n) is 13.7. The Hall–Kier alpha value is -1.51. The molecule has 0 bridgehead atoms. The highest BCUT2D eigenvalue weighted by Gasteiger charge is 2.65. The first-order chi connectivity index (χ1) is 11.3. The van der Waals surface area contributed by atoms with Crippen LogP contribution in [0.4, 0.5) is 24.2 Å². The molecule has 3 rings (SSSR count). The molecular formula is C16H21F5N2OS. The van der Waals surface area contributed by atoms with Crippen LogP contribution in [-0.4, -0.2) is 12.1 Å². The summed E-state index contributed by atoms with van der Waals surface area (Å²) in [6, 6.07) is 1.71. The maximum atomic E-state index is 12.9. The maximum absolute atomic E-state index is 12.9. The van der Waals surface area contributed by atoms with Crippen molar-refractivity contribution in [1.29, 1.82) is 0 Å². The van der Waals surface area contributed by atoms with Gasteiger partial charge in [0, 0.05) is 6.04 Å². The van der Waals surface area contributed by atoms with E-state index in [1.165, 1.54) is 32.3 Å². The topological polar surface area (TPSA) is 41.1 Å². The van der Waals surface area contributed by atoms with Gasteiger partial charge in [0.05, 0.1) is 6.04 Å². The zero-order valence-corrected chi connectivity index (χ0v) is 14.5. The van der Waals surface area contributed by atoms with E-state index >= 15 is 0 Å². The number of carbonyl (C=O) groups is 1. The van der Waals surface area contributed by atoms with E-state index in [9.17, 15) is 24.2 Å². The fourth-order valence-electron chi connectivity index (χ4n) is 3.70. The van der Waals surface area contributed by atoms with E-state index in [2.05, 4.69) is 10.6 Å². The lowest BCUT2D eigenvalue weighted by atomic mass is 9.54. The minimum atomic E-state index is -9.73. The highest BCUT2D eigenvalue weighted by Crippen LogP contribution is 3.02. The van der Waals surface area contributed by atoms with Crippen molar-refractivity contribution in [3.8, 4) is 0 Å². The molecule has 0 saturated heterocycles. The molecular weight excluding hydrogens is 363 g/mol. The second-order valence-corrected chi connectivity index (χ2v) is 9.75. The van der Waals surface area contributed by atoms with E-state index in [-0.39, 0.29) is 11.6 Å². The molecule has 25 heavy (non-hydrogen) atoms. The van der Waals surface area contributed by atoms with Crippen LogP contribution < -0.4 is 10.6 Å². The van der Waals surface area contributed by atoms with Gasteiger partial charge in [0.1, 0.15) is 4.90 Å². The van der Waals surface area contributed by atoms with Crippen molar-refractivity contribution in [2.24, 2.45) is 5.41 Å². The molecule has 2 aliphatic rings. The Labute approximate surface area is 143 Å². The summed E-state index contributed by atoms with van der Waals surface area (Å²) in [5.74, 6) is 0. The first-order valence-electron chi connectivity index (χ1n) is 8.18. The SMILES string of the molecule is CC(NC(=O)NC1CC2(CCC2)C1)c1cccc(S(F)(F)(F)(F)F)c1. The Bertz CT molecular complexity index is 694. The van der Waals surface area contributed by atoms with Crippen molar-refractivity contribution in [2.45, 2.75) is 56.0 Å². The number of hydrogen-bond acceptors (Lipinski definition) is 1. The third-order valence-electron chi connectivity index (χ3n) is 5.26. The van der Waals surface area contributed by atoms with E-state index in [4.69, 9.17) is 0 Å². The molecule has 1 aromatic carbocycles. The maximum Gasteiger partial charge on any atom is 0.315 e. The molecule has 2 N–H and O–H groups in total. The summed E-state index contributed by atoms with van der Waals surface area (Å²) in [5.41, 5.74) is 0.365. The molecule has 0 heterocycles. The van der Waals surface area contributed by atoms with Gasteiger partial charge < -0.3 is 10.6 Å². The summed E-state index contributed by atoms with van der Waals surface area (Å²) in [6.45, 7) is 1.46. The second kappa shape index (κ2) is 5.02. The second-order valence-electron chi connectivity index (χ2n) is 7.34. The number of benzene rings is 1. The molecule has 2 amide bonds. The standard InChI is InChI=1S/C16H21F5N2OS/c1-11(12-4-2-5-14(8-12)25(17,18,19,20)21)22-15(24)23-13-9-16(10-13)6-3-7-16/h2,4-5,8,11,13H,3,6-7,9-10H2,1H3,(H2,22,23,24). The van der Waals surface area contributed by atoms with Crippen LogP contribution in [0, 0.1) is 5.41 Å². The van der Waals surface area contributed by atoms with Gasteiger partial charge >= 0.3 is 16.3 Å². The Kier molecular flexibility index (Phi) is 3.67. The molecule has 2 aliphatic carbocycles. The molecule has 2 saturated carbocycles. The van der Waals surface area contributed by atoms with Crippen LogP contribution in [0.15, 0.2) is 29.2 Å². The van der Waals surface area contributed by atoms with Crippen LogP contribution >= 0.6 is 10.2 Å². The fourth-order valence-corrected chi connectivity index (χ4v) is 4.40. The molecule has 0 radical (unpaired) electrons. The molecule has 1 spiro atoms. The lowest BCUT2D eigenvalue weighted by molar-refractivity contribution is 0.00217. The van der Waals surface area contributed by atoms with Gasteiger partial charge in [0.15, 0.2) is 0 Å². The Morgan fingerprint density at radius 3 is 2.36 bits per heavy atom. The Morgan fingerprint density at radius 2 is 1.84 bits per heavy atom. The van der Waals surface area contributed by atoms with Gasteiger partial charge in [-0.1, -0.05) is 38.0 Å². The predicted molar refractivity (Wildman–Crippen MR) is 87.2 cm³/mol. The number of rotatable bonds is 4. The quantitative estimate of drug-likeness (QED) is 0.611. The van der Waals surface area contributed by atoms with Crippen molar-refractivity contribution in [1.82, 2.24) is 10.6 Å². The normalized spacial score (nSPS) is 23.6. The number of carbonyl (C=O) groups excluding carboxylic acids is 1. The van der Waals surface area contributed by atoms with Gasteiger partial charge in [-0.2, -0.15) is 0 Å². The fraction of sp³-hybridized carbons (Fsp3) is 0.562. The van der Waals surface area contributed by atoms with E-state index in [1.54, 1.807) is 0 Å². The van der Waals surface area contributed by atoms with E-state index in [1.807, 2.05) is 0 Å². The molecule has 3 nitrogen and oxygen atoms in total. The number of amides is 2. The Morgan fingerprint density at radius 1 is 1.20 bits per heavy atom. The summed E-state index contributed by atoms with van der Waals surface area (Å²) in [5, 5.41) is 5.30. The summed E-state index contributed by atoms with van der Waals surface area (Å²) >= 11 is 0. The monoisotopic (exact) mass is 384 g/mol.